The quantitative estimate of drug-likeness (QED) is 0.323. The van der Waals surface area contributed by atoms with Crippen molar-refractivity contribution in [3.63, 3.8) is 0 Å². The molecular weight excluding hydrogens is 392 g/mol. The van der Waals surface area contributed by atoms with E-state index in [1.807, 2.05) is 6.07 Å². The Morgan fingerprint density at radius 2 is 1.80 bits per heavy atom. The molecule has 11 heteroatoms. The topological polar surface area (TPSA) is 164 Å². The summed E-state index contributed by atoms with van der Waals surface area (Å²) in [5, 5.41) is 49.2. The van der Waals surface area contributed by atoms with Crippen molar-refractivity contribution in [2.45, 2.75) is 6.92 Å². The Morgan fingerprint density at radius 3 is 2.37 bits per heavy atom. The van der Waals surface area contributed by atoms with Crippen molar-refractivity contribution in [3.05, 3.63) is 52.1 Å². The third-order valence-corrected chi connectivity index (χ3v) is 3.97. The maximum atomic E-state index is 11.6. The summed E-state index contributed by atoms with van der Waals surface area (Å²) in [4.78, 5) is 23.6. The van der Waals surface area contributed by atoms with Gasteiger partial charge in [0.15, 0.2) is 0 Å². The third-order valence-electron chi connectivity index (χ3n) is 3.97. The number of nitro benzene ring substituents is 1. The molecule has 0 unspecified atom stereocenters. The summed E-state index contributed by atoms with van der Waals surface area (Å²) in [7, 11) is 0. The van der Waals surface area contributed by atoms with E-state index in [2.05, 4.69) is 15.5 Å². The monoisotopic (exact) mass is 412 g/mol. The molecular formula is C19H20N6O5. The smallest absolute Gasteiger partial charge is 0.270 e. The van der Waals surface area contributed by atoms with Crippen LogP contribution in [0.2, 0.25) is 0 Å². The predicted molar refractivity (Wildman–Crippen MR) is 109 cm³/mol. The van der Waals surface area contributed by atoms with Gasteiger partial charge in [-0.2, -0.15) is 5.26 Å². The molecule has 0 bridgehead atoms. The number of nitro groups is 1. The largest absolute Gasteiger partial charge is 0.395 e. The molecule has 30 heavy (non-hydrogen) atoms. The number of aliphatic hydroxyl groups excluding tert-OH is 2. The van der Waals surface area contributed by atoms with Crippen molar-refractivity contribution >= 4 is 34.3 Å². The summed E-state index contributed by atoms with van der Waals surface area (Å²) in [6.45, 7) is 1.67. The number of rotatable bonds is 9. The van der Waals surface area contributed by atoms with E-state index in [9.17, 15) is 30.4 Å². The van der Waals surface area contributed by atoms with Gasteiger partial charge in [0.1, 0.15) is 17.4 Å². The number of nitrogens with zero attached hydrogens (tertiary/aromatic N) is 5. The molecule has 2 aromatic carbocycles. The van der Waals surface area contributed by atoms with Gasteiger partial charge in [0, 0.05) is 37.8 Å². The second-order valence-corrected chi connectivity index (χ2v) is 6.09. The van der Waals surface area contributed by atoms with Gasteiger partial charge >= 0.3 is 0 Å². The minimum atomic E-state index is -0.611. The van der Waals surface area contributed by atoms with E-state index in [1.54, 1.807) is 23.1 Å². The number of carbonyl (C=O) groups excluding carboxylic acids is 1. The van der Waals surface area contributed by atoms with Gasteiger partial charge in [-0.05, 0) is 24.3 Å². The Kier molecular flexibility index (Phi) is 7.92. The number of benzene rings is 2. The Hall–Kier alpha value is -3.88. The van der Waals surface area contributed by atoms with E-state index in [-0.39, 0.29) is 49.1 Å². The third kappa shape index (κ3) is 5.81. The molecule has 0 fully saturated rings. The van der Waals surface area contributed by atoms with Crippen molar-refractivity contribution in [2.75, 3.05) is 36.5 Å². The van der Waals surface area contributed by atoms with Crippen LogP contribution in [0.1, 0.15) is 12.5 Å². The van der Waals surface area contributed by atoms with Crippen LogP contribution in [0.25, 0.3) is 0 Å². The number of hydrogen-bond donors (Lipinski definition) is 3. The molecule has 3 N–H and O–H groups in total. The number of nitriles is 1. The standard InChI is InChI=1S/C19H20N6O5/c1-13(28)21-19-11-15(24(6-8-26)7-9-27)2-5-18(19)23-22-17-4-3-16(25(29)30)10-14(17)12-20/h2-5,10-11,26-27H,6-9H2,1H3,(H,21,28). The van der Waals surface area contributed by atoms with Crippen LogP contribution in [-0.4, -0.2) is 47.3 Å². The van der Waals surface area contributed by atoms with Crippen molar-refractivity contribution in [1.29, 1.82) is 5.26 Å². The highest BCUT2D eigenvalue weighted by atomic mass is 16.6. The number of carbonyl (C=O) groups is 1. The first kappa shape index (κ1) is 22.4. The number of nitrogens with one attached hydrogen (secondary N) is 1. The zero-order chi connectivity index (χ0) is 22.1. The van der Waals surface area contributed by atoms with E-state index in [0.717, 1.165) is 6.07 Å². The van der Waals surface area contributed by atoms with Gasteiger partial charge < -0.3 is 20.4 Å². The van der Waals surface area contributed by atoms with Crippen molar-refractivity contribution < 1.29 is 19.9 Å². The first-order chi connectivity index (χ1) is 14.4. The molecule has 0 spiro atoms. The maximum Gasteiger partial charge on any atom is 0.270 e. The molecule has 156 valence electrons. The molecule has 0 aromatic heterocycles. The van der Waals surface area contributed by atoms with E-state index in [4.69, 9.17) is 0 Å². The van der Waals surface area contributed by atoms with Crippen LogP contribution in [0.4, 0.5) is 28.4 Å². The van der Waals surface area contributed by atoms with Gasteiger partial charge in [-0.25, -0.2) is 0 Å². The van der Waals surface area contributed by atoms with Crippen LogP contribution in [0, 0.1) is 21.4 Å². The molecule has 0 aliphatic heterocycles. The average Bonchev–Trinajstić information content (AvgIpc) is 2.72. The number of hydrogen-bond acceptors (Lipinski definition) is 9. The predicted octanol–water partition coefficient (Wildman–Crippen LogP) is 2.63. The first-order valence-corrected chi connectivity index (χ1v) is 8.88. The molecule has 0 atom stereocenters. The lowest BCUT2D eigenvalue weighted by atomic mass is 10.2. The normalized spacial score (nSPS) is 10.6. The minimum Gasteiger partial charge on any atom is -0.395 e. The molecule has 0 aliphatic carbocycles. The van der Waals surface area contributed by atoms with Crippen molar-refractivity contribution in [3.8, 4) is 6.07 Å². The van der Waals surface area contributed by atoms with Gasteiger partial charge in [0.05, 0.1) is 29.4 Å². The lowest BCUT2D eigenvalue weighted by molar-refractivity contribution is -0.384. The SMILES string of the molecule is CC(=O)Nc1cc(N(CCO)CCO)ccc1N=Nc1ccc([N+](=O)[O-])cc1C#N. The van der Waals surface area contributed by atoms with Crippen LogP contribution < -0.4 is 10.2 Å². The van der Waals surface area contributed by atoms with Crippen molar-refractivity contribution in [2.24, 2.45) is 10.2 Å². The van der Waals surface area contributed by atoms with E-state index < -0.39 is 4.92 Å². The molecule has 11 nitrogen and oxygen atoms in total. The van der Waals surface area contributed by atoms with Gasteiger partial charge in [-0.15, -0.1) is 10.2 Å². The Labute approximate surface area is 172 Å². The first-order valence-electron chi connectivity index (χ1n) is 8.88. The number of non-ortho nitro benzene ring substituents is 1. The highest BCUT2D eigenvalue weighted by molar-refractivity contribution is 5.93. The van der Waals surface area contributed by atoms with Gasteiger partial charge in [0.25, 0.3) is 5.69 Å². The molecule has 0 saturated carbocycles. The number of azo groups is 1. The minimum absolute atomic E-state index is 0.0114. The van der Waals surface area contributed by atoms with E-state index in [0.29, 0.717) is 17.1 Å². The maximum absolute atomic E-state index is 11.6. The Balaban J connectivity index is 2.42. The van der Waals surface area contributed by atoms with Crippen LogP contribution in [0.3, 0.4) is 0 Å². The summed E-state index contributed by atoms with van der Waals surface area (Å²) in [6, 6.07) is 10.4. The second kappa shape index (κ2) is 10.6. The number of anilines is 2. The van der Waals surface area contributed by atoms with E-state index >= 15 is 0 Å². The summed E-state index contributed by atoms with van der Waals surface area (Å²) >= 11 is 0. The van der Waals surface area contributed by atoms with Crippen LogP contribution >= 0.6 is 0 Å². The molecule has 2 rings (SSSR count). The summed E-state index contributed by atoms with van der Waals surface area (Å²) in [6.07, 6.45) is 0. The number of aliphatic hydroxyl groups is 2. The van der Waals surface area contributed by atoms with Gasteiger partial charge in [0.2, 0.25) is 5.91 Å². The second-order valence-electron chi connectivity index (χ2n) is 6.09. The fourth-order valence-corrected chi connectivity index (χ4v) is 2.63. The Bertz CT molecular complexity index is 995. The highest BCUT2D eigenvalue weighted by Gasteiger charge is 2.13. The lowest BCUT2D eigenvalue weighted by Gasteiger charge is -2.23. The zero-order valence-electron chi connectivity index (χ0n) is 16.1. The zero-order valence-corrected chi connectivity index (χ0v) is 16.1. The average molecular weight is 412 g/mol. The molecule has 0 radical (unpaired) electrons. The molecule has 1 amide bonds. The van der Waals surface area contributed by atoms with Crippen LogP contribution in [0.5, 0.6) is 0 Å². The molecule has 0 aliphatic rings. The molecule has 0 saturated heterocycles. The van der Waals surface area contributed by atoms with E-state index in [1.165, 1.54) is 19.1 Å². The Morgan fingerprint density at radius 1 is 1.17 bits per heavy atom. The summed E-state index contributed by atoms with van der Waals surface area (Å²) < 4.78 is 0. The number of amides is 1. The van der Waals surface area contributed by atoms with Gasteiger partial charge in [-0.3, -0.25) is 14.9 Å². The lowest BCUT2D eigenvalue weighted by Crippen LogP contribution is -2.29. The highest BCUT2D eigenvalue weighted by Crippen LogP contribution is 2.32. The summed E-state index contributed by atoms with van der Waals surface area (Å²) in [5.74, 6) is -0.340. The van der Waals surface area contributed by atoms with Crippen LogP contribution in [-0.2, 0) is 4.79 Å². The van der Waals surface area contributed by atoms with Crippen LogP contribution in [0.15, 0.2) is 46.6 Å². The fraction of sp³-hybridized carbons (Fsp3) is 0.263. The molecule has 2 aromatic rings. The van der Waals surface area contributed by atoms with Gasteiger partial charge in [-0.1, -0.05) is 0 Å². The van der Waals surface area contributed by atoms with Crippen molar-refractivity contribution in [1.82, 2.24) is 0 Å². The molecule has 0 heterocycles. The summed E-state index contributed by atoms with van der Waals surface area (Å²) in [5.41, 5.74) is 1.18. The fourth-order valence-electron chi connectivity index (χ4n) is 2.63.